The van der Waals surface area contributed by atoms with Crippen LogP contribution in [0.3, 0.4) is 0 Å². The first-order valence-corrected chi connectivity index (χ1v) is 39.8. The lowest BCUT2D eigenvalue weighted by Crippen LogP contribution is -2.59. The minimum absolute atomic E-state index is 0.0159. The summed E-state index contributed by atoms with van der Waals surface area (Å²) in [4.78, 5) is 2.62. The first kappa shape index (κ1) is 65.3. The molecule has 0 saturated heterocycles. The Balaban J connectivity index is 0.873. The molecule has 109 heavy (non-hydrogen) atoms. The zero-order valence-corrected chi connectivity index (χ0v) is 64.2. The molecule has 15 aromatic carbocycles. The van der Waals surface area contributed by atoms with Gasteiger partial charge in [-0.3, -0.25) is 0 Å². The van der Waals surface area contributed by atoms with Gasteiger partial charge in [-0.15, -0.1) is 22.7 Å². The Morgan fingerprint density at radius 1 is 0.275 bits per heavy atom. The number of rotatable bonds is 8. The molecule has 6 heterocycles. The lowest BCUT2D eigenvalue weighted by atomic mass is 9.34. The number of fused-ring (bicyclic) bond motifs is 16. The van der Waals surface area contributed by atoms with Crippen LogP contribution in [0, 0.1) is 0 Å². The van der Waals surface area contributed by atoms with Gasteiger partial charge in [-0.2, -0.15) is 0 Å². The molecule has 19 aromatic rings. The van der Waals surface area contributed by atoms with Gasteiger partial charge in [0.2, 0.25) is 0 Å². The number of para-hydroxylation sites is 4. The highest BCUT2D eigenvalue weighted by atomic mass is 32.1. The summed E-state index contributed by atoms with van der Waals surface area (Å²) >= 11 is 3.75. The van der Waals surface area contributed by atoms with Crippen molar-refractivity contribution in [2.24, 2.45) is 0 Å². The summed E-state index contributed by atoms with van der Waals surface area (Å²) < 4.78 is 18.1. The fourth-order valence-corrected chi connectivity index (χ4v) is 20.2. The van der Waals surface area contributed by atoms with Crippen molar-refractivity contribution in [3.8, 4) is 78.5 Å². The third kappa shape index (κ3) is 10.4. The summed E-state index contributed by atoms with van der Waals surface area (Å²) in [5.74, 6) is 1.72. The molecule has 21 rings (SSSR count). The van der Waals surface area contributed by atoms with Crippen LogP contribution in [-0.4, -0.2) is 15.8 Å². The van der Waals surface area contributed by atoms with Crippen LogP contribution in [0.2, 0.25) is 0 Å². The Kier molecular flexibility index (Phi) is 14.5. The highest BCUT2D eigenvalue weighted by Gasteiger charge is 2.44. The normalized spacial score (nSPS) is 13.0. The molecule has 0 fully saturated rings. The molecule has 0 radical (unpaired) electrons. The van der Waals surface area contributed by atoms with E-state index in [9.17, 15) is 0 Å². The van der Waals surface area contributed by atoms with Crippen molar-refractivity contribution in [1.29, 1.82) is 0 Å². The van der Waals surface area contributed by atoms with Crippen molar-refractivity contribution in [1.82, 2.24) is 9.13 Å². The fourth-order valence-electron chi connectivity index (χ4n) is 18.0. The molecule has 7 heteroatoms. The molecule has 0 bridgehead atoms. The second-order valence-electron chi connectivity index (χ2n) is 33.2. The van der Waals surface area contributed by atoms with E-state index in [1.54, 1.807) is 0 Å². The van der Waals surface area contributed by atoms with Crippen molar-refractivity contribution in [2.75, 3.05) is 4.90 Å². The van der Waals surface area contributed by atoms with Gasteiger partial charge in [0.15, 0.2) is 0 Å². The maximum absolute atomic E-state index is 7.90. The molecule has 0 amide bonds. The van der Waals surface area contributed by atoms with Gasteiger partial charge in [-0.05, 0) is 203 Å². The summed E-state index contributed by atoms with van der Waals surface area (Å²) in [5, 5.41) is 10.0. The van der Waals surface area contributed by atoms with E-state index in [-0.39, 0.29) is 23.0 Å². The smallest absolute Gasteiger partial charge is 0.256 e. The van der Waals surface area contributed by atoms with Crippen molar-refractivity contribution < 1.29 is 4.74 Å². The number of hydrogen-bond donors (Lipinski definition) is 0. The van der Waals surface area contributed by atoms with Crippen molar-refractivity contribution in [2.45, 2.75) is 78.6 Å². The average molecular weight is 1440 g/mol. The van der Waals surface area contributed by atoms with Crippen LogP contribution in [0.4, 0.5) is 17.1 Å². The molecule has 0 unspecified atom stereocenters. The molecular weight excluding hydrogens is 1360 g/mol. The van der Waals surface area contributed by atoms with Crippen LogP contribution in [0.5, 0.6) is 11.5 Å². The summed E-state index contributed by atoms with van der Waals surface area (Å²) in [6.45, 7) is 20.7. The Hall–Kier alpha value is -12.0. The number of ether oxygens (including phenoxy) is 1. The zero-order valence-electron chi connectivity index (χ0n) is 62.6. The van der Waals surface area contributed by atoms with E-state index >= 15 is 0 Å². The number of benzene rings is 15. The highest BCUT2D eigenvalue weighted by molar-refractivity contribution is 7.26. The number of aromatic nitrogens is 2. The largest absolute Gasteiger partial charge is 0.458 e. The lowest BCUT2D eigenvalue weighted by molar-refractivity contribution is 0.483. The zero-order chi connectivity index (χ0) is 73.5. The second-order valence-corrected chi connectivity index (χ2v) is 35.3. The van der Waals surface area contributed by atoms with Crippen molar-refractivity contribution in [3.63, 3.8) is 0 Å². The van der Waals surface area contributed by atoms with Gasteiger partial charge in [0.25, 0.3) is 6.71 Å². The third-order valence-electron chi connectivity index (χ3n) is 23.4. The summed E-state index contributed by atoms with van der Waals surface area (Å²) in [6, 6.07) is 118. The number of nitrogens with zero attached hydrogens (tertiary/aromatic N) is 3. The predicted molar refractivity (Wildman–Crippen MR) is 470 cm³/mol. The van der Waals surface area contributed by atoms with Crippen LogP contribution >= 0.6 is 22.7 Å². The Bertz CT molecular complexity index is 6940. The average Bonchev–Trinajstić information content (AvgIpc) is 1.17. The number of hydrogen-bond acceptors (Lipinski definition) is 4. The standard InChI is InChI=1S/C102H78BN3OS2/c1-100(2,3)67-45-50-95-80(59-67)78-46-41-63(57-96(78)109-95)72-33-24-39-89(106-85-36-20-15-29-75(85)76-30-16-21-37-86(76)106)98(72)66-55-90-99-92(56-66)107-91-60-68(101(4,5)6)44-47-81(91)103(99)82-54-64(42-48-87(82)104(90)70-52-65(61-25-11-10-12-26-61)51-69(58-70)102(7,8)9)97-71(62-43-49-94-79(53-62)77-31-17-22-40-93(77)108-94)32-23-38-88(97)105-83-34-18-13-27-73(83)74-28-14-19-35-84(74)105/h10-60H,1-9H3. The van der Waals surface area contributed by atoms with E-state index in [2.05, 4.69) is 386 Å². The minimum atomic E-state index is -0.263. The molecule has 0 N–H and O–H groups in total. The number of thiophene rings is 2. The Labute approximate surface area is 644 Å². The highest BCUT2D eigenvalue weighted by Crippen LogP contribution is 2.52. The summed E-state index contributed by atoms with van der Waals surface area (Å²) in [7, 11) is 0. The molecule has 0 saturated carbocycles. The van der Waals surface area contributed by atoms with Crippen LogP contribution in [-0.2, 0) is 16.2 Å². The maximum Gasteiger partial charge on any atom is 0.256 e. The van der Waals surface area contributed by atoms with Gasteiger partial charge in [0.05, 0.1) is 33.4 Å². The topological polar surface area (TPSA) is 22.3 Å². The van der Waals surface area contributed by atoms with Gasteiger partial charge < -0.3 is 18.8 Å². The molecule has 2 aliphatic heterocycles. The molecule has 4 nitrogen and oxygen atoms in total. The van der Waals surface area contributed by atoms with Gasteiger partial charge in [0.1, 0.15) is 11.5 Å². The molecule has 2 aliphatic rings. The lowest BCUT2D eigenvalue weighted by Gasteiger charge is -2.41. The molecule has 522 valence electrons. The summed E-state index contributed by atoms with van der Waals surface area (Å²) in [6.07, 6.45) is 0. The monoisotopic (exact) mass is 1440 g/mol. The molecule has 0 spiro atoms. The Morgan fingerprint density at radius 3 is 1.41 bits per heavy atom. The van der Waals surface area contributed by atoms with Crippen molar-refractivity contribution in [3.05, 3.63) is 326 Å². The van der Waals surface area contributed by atoms with E-state index in [4.69, 9.17) is 4.74 Å². The van der Waals surface area contributed by atoms with Crippen LogP contribution in [0.15, 0.2) is 309 Å². The van der Waals surface area contributed by atoms with Crippen molar-refractivity contribution >= 4 is 147 Å². The summed E-state index contributed by atoms with van der Waals surface area (Å²) in [5.41, 5.74) is 28.5. The minimum Gasteiger partial charge on any atom is -0.458 e. The van der Waals surface area contributed by atoms with Gasteiger partial charge in [-0.25, -0.2) is 0 Å². The van der Waals surface area contributed by atoms with E-state index in [0.29, 0.717) is 0 Å². The quantitative estimate of drug-likeness (QED) is 0.142. The van der Waals surface area contributed by atoms with E-state index < -0.39 is 0 Å². The van der Waals surface area contributed by atoms with Crippen LogP contribution in [0.1, 0.15) is 79.0 Å². The first-order valence-electron chi connectivity index (χ1n) is 38.2. The molecule has 4 aromatic heterocycles. The van der Waals surface area contributed by atoms with Crippen LogP contribution < -0.4 is 26.0 Å². The maximum atomic E-state index is 7.90. The van der Waals surface area contributed by atoms with Gasteiger partial charge >= 0.3 is 0 Å². The molecule has 0 aliphatic carbocycles. The number of anilines is 3. The first-order chi connectivity index (χ1) is 52.9. The van der Waals surface area contributed by atoms with Gasteiger partial charge in [0, 0.05) is 90.1 Å². The second kappa shape index (κ2) is 24.3. The third-order valence-corrected chi connectivity index (χ3v) is 25.7. The van der Waals surface area contributed by atoms with E-state index in [1.807, 2.05) is 22.7 Å². The fraction of sp³-hybridized carbons (Fsp3) is 0.118. The SMILES string of the molecule is CC(C)(C)c1cc(-c2ccccc2)cc(N2c3ccc(-c4c(-c5ccc6sc7ccccc7c6c5)cccc4-n4c5ccccc5c5ccccc54)cc3B3c4ccc(C(C)(C)C)cc4Oc4cc(-c5c(-c6ccc7c(c6)sc6ccc(C(C)(C)C)cc67)cccc5-n5c6ccccc6c6ccccc65)cc2c43)c1. The van der Waals surface area contributed by atoms with Gasteiger partial charge in [-0.1, -0.05) is 263 Å². The van der Waals surface area contributed by atoms with Crippen LogP contribution in [0.25, 0.3) is 151 Å². The predicted octanol–water partition coefficient (Wildman–Crippen LogP) is 27.2. The molecular formula is C102H78BN3OS2. The Morgan fingerprint density at radius 2 is 0.780 bits per heavy atom. The molecule has 0 atom stereocenters. The van der Waals surface area contributed by atoms with E-state index in [0.717, 1.165) is 101 Å². The van der Waals surface area contributed by atoms with E-state index in [1.165, 1.54) is 112 Å².